The SMILES string of the molecule is O=C(Nc1cccc(C#Cc2ccccc2)c1)c1ccc(Br)o1. The highest BCUT2D eigenvalue weighted by Gasteiger charge is 2.10. The van der Waals surface area contributed by atoms with Crippen LogP contribution in [0.1, 0.15) is 21.7 Å². The molecule has 1 aromatic heterocycles. The van der Waals surface area contributed by atoms with Gasteiger partial charge in [-0.2, -0.15) is 0 Å². The van der Waals surface area contributed by atoms with Crippen LogP contribution in [0.3, 0.4) is 0 Å². The minimum atomic E-state index is -0.302. The van der Waals surface area contributed by atoms with Crippen molar-refractivity contribution in [2.45, 2.75) is 0 Å². The van der Waals surface area contributed by atoms with Crippen LogP contribution < -0.4 is 5.32 Å². The van der Waals surface area contributed by atoms with Gasteiger partial charge in [-0.25, -0.2) is 0 Å². The highest BCUT2D eigenvalue weighted by atomic mass is 79.9. The zero-order valence-corrected chi connectivity index (χ0v) is 13.6. The van der Waals surface area contributed by atoms with E-state index in [4.69, 9.17) is 4.42 Å². The quantitative estimate of drug-likeness (QED) is 0.669. The summed E-state index contributed by atoms with van der Waals surface area (Å²) < 4.78 is 5.75. The zero-order valence-electron chi connectivity index (χ0n) is 12.0. The van der Waals surface area contributed by atoms with Crippen molar-refractivity contribution in [3.63, 3.8) is 0 Å². The largest absolute Gasteiger partial charge is 0.444 e. The number of amides is 1. The Labute approximate surface area is 142 Å². The molecule has 0 saturated carbocycles. The molecule has 4 heteroatoms. The van der Waals surface area contributed by atoms with E-state index in [-0.39, 0.29) is 11.7 Å². The highest BCUT2D eigenvalue weighted by Crippen LogP contribution is 2.16. The Morgan fingerprint density at radius 1 is 0.913 bits per heavy atom. The van der Waals surface area contributed by atoms with Gasteiger partial charge in [-0.05, 0) is 58.4 Å². The van der Waals surface area contributed by atoms with Gasteiger partial charge in [0.25, 0.3) is 5.91 Å². The van der Waals surface area contributed by atoms with Crippen molar-refractivity contribution in [3.8, 4) is 11.8 Å². The molecule has 0 saturated heterocycles. The predicted molar refractivity (Wildman–Crippen MR) is 93.2 cm³/mol. The van der Waals surface area contributed by atoms with E-state index in [0.717, 1.165) is 11.1 Å². The summed E-state index contributed by atoms with van der Waals surface area (Å²) in [5.74, 6) is 6.12. The third kappa shape index (κ3) is 4.12. The Morgan fingerprint density at radius 3 is 2.39 bits per heavy atom. The average Bonchev–Trinajstić information content (AvgIpc) is 3.01. The van der Waals surface area contributed by atoms with Gasteiger partial charge in [-0.3, -0.25) is 4.79 Å². The molecule has 0 spiro atoms. The van der Waals surface area contributed by atoms with Crippen molar-refractivity contribution in [1.82, 2.24) is 0 Å². The first-order valence-corrected chi connectivity index (χ1v) is 7.74. The van der Waals surface area contributed by atoms with Crippen LogP contribution >= 0.6 is 15.9 Å². The highest BCUT2D eigenvalue weighted by molar-refractivity contribution is 9.10. The fourth-order valence-electron chi connectivity index (χ4n) is 1.97. The lowest BCUT2D eigenvalue weighted by atomic mass is 10.1. The first-order chi connectivity index (χ1) is 11.2. The summed E-state index contributed by atoms with van der Waals surface area (Å²) in [5, 5.41) is 2.79. The van der Waals surface area contributed by atoms with E-state index in [1.54, 1.807) is 12.1 Å². The van der Waals surface area contributed by atoms with Crippen molar-refractivity contribution in [3.05, 3.63) is 88.3 Å². The van der Waals surface area contributed by atoms with Crippen molar-refractivity contribution < 1.29 is 9.21 Å². The summed E-state index contributed by atoms with van der Waals surface area (Å²) in [7, 11) is 0. The second-order valence-electron chi connectivity index (χ2n) is 4.75. The molecule has 0 bridgehead atoms. The number of carbonyl (C=O) groups is 1. The van der Waals surface area contributed by atoms with E-state index < -0.39 is 0 Å². The maximum atomic E-state index is 12.1. The number of halogens is 1. The molecule has 2 aromatic carbocycles. The van der Waals surface area contributed by atoms with Gasteiger partial charge in [0.05, 0.1) is 0 Å². The van der Waals surface area contributed by atoms with Gasteiger partial charge >= 0.3 is 0 Å². The number of carbonyl (C=O) groups excluding carboxylic acids is 1. The number of anilines is 1. The summed E-state index contributed by atoms with van der Waals surface area (Å²) in [4.78, 5) is 12.1. The Hall–Kier alpha value is -2.77. The number of hydrogen-bond donors (Lipinski definition) is 1. The van der Waals surface area contributed by atoms with Gasteiger partial charge < -0.3 is 9.73 Å². The first kappa shape index (κ1) is 15.1. The standard InChI is InChI=1S/C19H12BrNO2/c20-18-12-11-17(23-18)19(22)21-16-8-4-7-15(13-16)10-9-14-5-2-1-3-6-14/h1-8,11-13H,(H,21,22). The van der Waals surface area contributed by atoms with Crippen molar-refractivity contribution >= 4 is 27.5 Å². The lowest BCUT2D eigenvalue weighted by molar-refractivity contribution is 0.0995. The topological polar surface area (TPSA) is 42.2 Å². The molecule has 0 aliphatic rings. The smallest absolute Gasteiger partial charge is 0.291 e. The molecule has 1 amide bonds. The number of rotatable bonds is 2. The molecule has 1 heterocycles. The van der Waals surface area contributed by atoms with Crippen molar-refractivity contribution in [2.75, 3.05) is 5.32 Å². The molecular weight excluding hydrogens is 354 g/mol. The van der Waals surface area contributed by atoms with Crippen molar-refractivity contribution in [2.24, 2.45) is 0 Å². The molecule has 112 valence electrons. The summed E-state index contributed by atoms with van der Waals surface area (Å²) in [6.45, 7) is 0. The van der Waals surface area contributed by atoms with E-state index in [1.165, 1.54) is 0 Å². The molecule has 0 atom stereocenters. The van der Waals surface area contributed by atoms with Crippen LogP contribution in [0.25, 0.3) is 0 Å². The second-order valence-corrected chi connectivity index (χ2v) is 5.54. The van der Waals surface area contributed by atoms with Crippen LogP contribution in [0, 0.1) is 11.8 Å². The number of benzene rings is 2. The minimum Gasteiger partial charge on any atom is -0.444 e. The molecular formula is C19H12BrNO2. The Bertz CT molecular complexity index is 888. The molecule has 3 aromatic rings. The Balaban J connectivity index is 1.75. The van der Waals surface area contributed by atoms with Gasteiger partial charge in [0.15, 0.2) is 10.4 Å². The lowest BCUT2D eigenvalue weighted by Gasteiger charge is -2.03. The van der Waals surface area contributed by atoms with Crippen LogP contribution in [0.4, 0.5) is 5.69 Å². The van der Waals surface area contributed by atoms with Gasteiger partial charge in [0, 0.05) is 16.8 Å². The van der Waals surface area contributed by atoms with E-state index in [9.17, 15) is 4.79 Å². The molecule has 3 rings (SSSR count). The number of furan rings is 1. The molecule has 0 fully saturated rings. The van der Waals surface area contributed by atoms with E-state index in [1.807, 2.05) is 54.6 Å². The zero-order chi connectivity index (χ0) is 16.1. The molecule has 23 heavy (non-hydrogen) atoms. The van der Waals surface area contributed by atoms with Gasteiger partial charge in [0.2, 0.25) is 0 Å². The van der Waals surface area contributed by atoms with Crippen LogP contribution in [0.5, 0.6) is 0 Å². The van der Waals surface area contributed by atoms with E-state index in [2.05, 4.69) is 33.1 Å². The van der Waals surface area contributed by atoms with Crippen LogP contribution in [0.15, 0.2) is 75.8 Å². The molecule has 0 radical (unpaired) electrons. The summed E-state index contributed by atoms with van der Waals surface area (Å²) in [5.41, 5.74) is 2.44. The van der Waals surface area contributed by atoms with Crippen molar-refractivity contribution in [1.29, 1.82) is 0 Å². The van der Waals surface area contributed by atoms with Crippen LogP contribution in [-0.2, 0) is 0 Å². The minimum absolute atomic E-state index is 0.248. The molecule has 0 aliphatic carbocycles. The van der Waals surface area contributed by atoms with E-state index in [0.29, 0.717) is 10.4 Å². The van der Waals surface area contributed by atoms with Gasteiger partial charge in [-0.15, -0.1) is 0 Å². The molecule has 0 unspecified atom stereocenters. The summed E-state index contributed by atoms with van der Waals surface area (Å²) >= 11 is 3.18. The third-order valence-corrected chi connectivity index (χ3v) is 3.47. The lowest BCUT2D eigenvalue weighted by Crippen LogP contribution is -2.10. The Kier molecular flexibility index (Phi) is 4.60. The Morgan fingerprint density at radius 2 is 1.65 bits per heavy atom. The van der Waals surface area contributed by atoms with Crippen LogP contribution in [0.2, 0.25) is 0 Å². The first-order valence-electron chi connectivity index (χ1n) is 6.94. The van der Waals surface area contributed by atoms with Crippen LogP contribution in [-0.4, -0.2) is 5.91 Å². The molecule has 1 N–H and O–H groups in total. The summed E-state index contributed by atoms with van der Waals surface area (Å²) in [6.07, 6.45) is 0. The summed E-state index contributed by atoms with van der Waals surface area (Å²) in [6, 6.07) is 20.4. The van der Waals surface area contributed by atoms with Gasteiger partial charge in [-0.1, -0.05) is 36.1 Å². The van der Waals surface area contributed by atoms with Gasteiger partial charge in [0.1, 0.15) is 0 Å². The predicted octanol–water partition coefficient (Wildman–Crippen LogP) is 4.69. The normalized spacial score (nSPS) is 9.78. The molecule has 0 aliphatic heterocycles. The fraction of sp³-hybridized carbons (Fsp3) is 0. The second kappa shape index (κ2) is 6.99. The number of nitrogens with one attached hydrogen (secondary N) is 1. The third-order valence-electron chi connectivity index (χ3n) is 3.04. The fourth-order valence-corrected chi connectivity index (χ4v) is 2.28. The maximum Gasteiger partial charge on any atom is 0.291 e. The average molecular weight is 366 g/mol. The van der Waals surface area contributed by atoms with E-state index >= 15 is 0 Å². The monoisotopic (exact) mass is 365 g/mol. The number of hydrogen-bond acceptors (Lipinski definition) is 2. The maximum absolute atomic E-state index is 12.1. The molecule has 3 nitrogen and oxygen atoms in total.